The average Bonchev–Trinajstić information content (AvgIpc) is 3.58. The highest BCUT2D eigenvalue weighted by molar-refractivity contribution is 6.16. The van der Waals surface area contributed by atoms with Crippen molar-refractivity contribution >= 4 is 38.4 Å². The first-order valence-corrected chi connectivity index (χ1v) is 12.2. The fourth-order valence-electron chi connectivity index (χ4n) is 6.61. The van der Waals surface area contributed by atoms with Gasteiger partial charge in [-0.1, -0.05) is 48.5 Å². The number of pyridine rings is 2. The van der Waals surface area contributed by atoms with Crippen molar-refractivity contribution in [3.05, 3.63) is 114 Å². The lowest BCUT2D eigenvalue weighted by Gasteiger charge is -2.12. The summed E-state index contributed by atoms with van der Waals surface area (Å²) in [7, 11) is 0. The van der Waals surface area contributed by atoms with Crippen LogP contribution in [0.4, 0.5) is 0 Å². The molecule has 3 heterocycles. The Morgan fingerprint density at radius 2 is 1.46 bits per heavy atom. The van der Waals surface area contributed by atoms with Gasteiger partial charge in [0.1, 0.15) is 5.65 Å². The van der Waals surface area contributed by atoms with Crippen LogP contribution in [0.2, 0.25) is 0 Å². The first-order chi connectivity index (χ1) is 17.3. The molecule has 0 radical (unpaired) electrons. The Balaban J connectivity index is 1.40. The molecule has 0 N–H and O–H groups in total. The van der Waals surface area contributed by atoms with Gasteiger partial charge in [-0.3, -0.25) is 9.38 Å². The van der Waals surface area contributed by atoms with Gasteiger partial charge in [-0.15, -0.1) is 0 Å². The zero-order valence-corrected chi connectivity index (χ0v) is 18.9. The Morgan fingerprint density at radius 1 is 0.629 bits per heavy atom. The molecule has 0 atom stereocenters. The molecule has 2 aliphatic carbocycles. The first kappa shape index (κ1) is 17.9. The lowest BCUT2D eigenvalue weighted by molar-refractivity contribution is 1.24. The smallest absolute Gasteiger partial charge is 0.146 e. The fourth-order valence-corrected chi connectivity index (χ4v) is 6.61. The topological polar surface area (TPSA) is 30.2 Å². The molecule has 0 fully saturated rings. The molecule has 0 saturated carbocycles. The molecule has 0 unspecified atom stereocenters. The minimum absolute atomic E-state index is 0.933. The third kappa shape index (κ3) is 2.17. The lowest BCUT2D eigenvalue weighted by Crippen LogP contribution is -1.95. The van der Waals surface area contributed by atoms with Crippen LogP contribution >= 0.6 is 0 Å². The lowest BCUT2D eigenvalue weighted by atomic mass is 9.96. The predicted octanol–water partition coefficient (Wildman–Crippen LogP) is 7.33. The molecule has 0 amide bonds. The summed E-state index contributed by atoms with van der Waals surface area (Å²) >= 11 is 0. The third-order valence-electron chi connectivity index (χ3n) is 8.10. The van der Waals surface area contributed by atoms with Gasteiger partial charge in [0.15, 0.2) is 0 Å². The summed E-state index contributed by atoms with van der Waals surface area (Å²) in [5.41, 5.74) is 15.6. The molecule has 9 rings (SSSR count). The van der Waals surface area contributed by atoms with Crippen LogP contribution in [0.3, 0.4) is 0 Å². The number of hydrogen-bond acceptors (Lipinski definition) is 2. The maximum atomic E-state index is 5.17. The van der Waals surface area contributed by atoms with Gasteiger partial charge in [0, 0.05) is 23.2 Å². The quantitative estimate of drug-likeness (QED) is 0.229. The molecular weight excluding hydrogens is 426 g/mol. The van der Waals surface area contributed by atoms with E-state index in [1.165, 1.54) is 60.7 Å². The largest absolute Gasteiger partial charge is 0.292 e. The van der Waals surface area contributed by atoms with Crippen LogP contribution < -0.4 is 0 Å². The van der Waals surface area contributed by atoms with E-state index in [9.17, 15) is 0 Å². The van der Waals surface area contributed by atoms with E-state index < -0.39 is 0 Å². The highest BCUT2D eigenvalue weighted by Gasteiger charge is 2.28. The van der Waals surface area contributed by atoms with Gasteiger partial charge in [0.25, 0.3) is 0 Å². The molecule has 4 aromatic carbocycles. The summed E-state index contributed by atoms with van der Waals surface area (Å²) in [5, 5.41) is 3.67. The molecule has 7 aromatic rings. The second-order valence-electron chi connectivity index (χ2n) is 9.84. The van der Waals surface area contributed by atoms with Crippen molar-refractivity contribution in [2.24, 2.45) is 0 Å². The van der Waals surface area contributed by atoms with Crippen LogP contribution in [0, 0.1) is 0 Å². The summed E-state index contributed by atoms with van der Waals surface area (Å²) in [5.74, 6) is 0. The normalized spacial score (nSPS) is 13.5. The van der Waals surface area contributed by atoms with Gasteiger partial charge in [-0.2, -0.15) is 0 Å². The van der Waals surface area contributed by atoms with E-state index in [1.807, 2.05) is 12.4 Å². The van der Waals surface area contributed by atoms with Gasteiger partial charge >= 0.3 is 0 Å². The number of para-hydroxylation sites is 2. The molecular formula is C32H19N3. The van der Waals surface area contributed by atoms with Crippen molar-refractivity contribution in [1.29, 1.82) is 0 Å². The van der Waals surface area contributed by atoms with Crippen molar-refractivity contribution in [2.45, 2.75) is 12.8 Å². The van der Waals surface area contributed by atoms with Crippen LogP contribution in [-0.4, -0.2) is 14.4 Å². The number of hydrogen-bond donors (Lipinski definition) is 0. The van der Waals surface area contributed by atoms with E-state index in [4.69, 9.17) is 4.98 Å². The number of fused-ring (bicyclic) bond motifs is 15. The molecule has 162 valence electrons. The number of aromatic nitrogens is 3. The number of imidazole rings is 1. The summed E-state index contributed by atoms with van der Waals surface area (Å²) in [6.07, 6.45) is 5.84. The zero-order valence-electron chi connectivity index (χ0n) is 18.9. The van der Waals surface area contributed by atoms with Crippen molar-refractivity contribution < 1.29 is 0 Å². The summed E-state index contributed by atoms with van der Waals surface area (Å²) in [6.45, 7) is 0. The van der Waals surface area contributed by atoms with Crippen LogP contribution in [0.15, 0.2) is 91.3 Å². The van der Waals surface area contributed by atoms with Gasteiger partial charge in [-0.25, -0.2) is 4.98 Å². The van der Waals surface area contributed by atoms with Crippen LogP contribution in [0.5, 0.6) is 0 Å². The van der Waals surface area contributed by atoms with Crippen molar-refractivity contribution in [1.82, 2.24) is 14.4 Å². The Bertz CT molecular complexity index is 2060. The highest BCUT2D eigenvalue weighted by atomic mass is 15.0. The van der Waals surface area contributed by atoms with E-state index >= 15 is 0 Å². The Labute approximate surface area is 201 Å². The molecule has 35 heavy (non-hydrogen) atoms. The Morgan fingerprint density at radius 3 is 2.43 bits per heavy atom. The minimum atomic E-state index is 0.933. The molecule has 0 saturated heterocycles. The van der Waals surface area contributed by atoms with Gasteiger partial charge in [0.05, 0.1) is 16.6 Å². The second-order valence-corrected chi connectivity index (χ2v) is 9.84. The second kappa shape index (κ2) is 6.13. The number of nitrogens with zero attached hydrogens (tertiary/aromatic N) is 3. The van der Waals surface area contributed by atoms with Crippen molar-refractivity contribution in [3.63, 3.8) is 0 Å². The van der Waals surface area contributed by atoms with E-state index in [0.29, 0.717) is 0 Å². The monoisotopic (exact) mass is 445 g/mol. The zero-order chi connectivity index (χ0) is 22.7. The number of benzene rings is 4. The van der Waals surface area contributed by atoms with Gasteiger partial charge < -0.3 is 0 Å². The van der Waals surface area contributed by atoms with E-state index in [1.54, 1.807) is 0 Å². The predicted molar refractivity (Wildman–Crippen MR) is 142 cm³/mol. The SMILES string of the molecule is c1ccc2c(c1)Cc1cc3c(cc1-2)Cc1c-3ccc2c3cnccc3n3c4ccccc4nc3c12. The van der Waals surface area contributed by atoms with Crippen molar-refractivity contribution in [2.75, 3.05) is 0 Å². The van der Waals surface area contributed by atoms with E-state index in [2.05, 4.69) is 88.2 Å². The maximum absolute atomic E-state index is 5.17. The van der Waals surface area contributed by atoms with E-state index in [0.717, 1.165) is 35.0 Å². The summed E-state index contributed by atoms with van der Waals surface area (Å²) in [4.78, 5) is 9.67. The third-order valence-corrected chi connectivity index (χ3v) is 8.10. The molecule has 2 aliphatic rings. The average molecular weight is 446 g/mol. The summed E-state index contributed by atoms with van der Waals surface area (Å²) in [6, 6.07) is 28.9. The van der Waals surface area contributed by atoms with Crippen LogP contribution in [0.1, 0.15) is 22.3 Å². The minimum Gasteiger partial charge on any atom is -0.292 e. The standard InChI is InChI=1S/C32H19N3/c1-2-6-21-18(5-1)13-19-14-25-20(15-24(19)21)16-26-22(25)9-10-23-27-17-33-12-11-29(27)35-30-8-4-3-7-28(30)34-32(35)31(23)26/h1-12,14-15,17H,13,16H2. The molecule has 3 heteroatoms. The van der Waals surface area contributed by atoms with Gasteiger partial charge in [0.2, 0.25) is 0 Å². The van der Waals surface area contributed by atoms with Crippen molar-refractivity contribution in [3.8, 4) is 22.3 Å². The summed E-state index contributed by atoms with van der Waals surface area (Å²) < 4.78 is 2.33. The molecule has 0 bridgehead atoms. The molecule has 3 nitrogen and oxygen atoms in total. The number of rotatable bonds is 0. The first-order valence-electron chi connectivity index (χ1n) is 12.2. The molecule has 3 aromatic heterocycles. The van der Waals surface area contributed by atoms with Gasteiger partial charge in [-0.05, 0) is 93.1 Å². The fraction of sp³-hybridized carbons (Fsp3) is 0.0625. The van der Waals surface area contributed by atoms with Crippen LogP contribution in [-0.2, 0) is 12.8 Å². The Kier molecular flexibility index (Phi) is 3.14. The Hall–Kier alpha value is -4.50. The van der Waals surface area contributed by atoms with E-state index in [-0.39, 0.29) is 0 Å². The molecule has 0 spiro atoms. The molecule has 0 aliphatic heterocycles. The maximum Gasteiger partial charge on any atom is 0.146 e. The highest BCUT2D eigenvalue weighted by Crippen LogP contribution is 2.47. The van der Waals surface area contributed by atoms with Crippen LogP contribution in [0.25, 0.3) is 60.6 Å².